The van der Waals surface area contributed by atoms with Gasteiger partial charge in [0.2, 0.25) is 5.13 Å². The number of carbonyl (C=O) groups is 1. The number of amides is 1. The first-order valence-electron chi connectivity index (χ1n) is 8.05. The van der Waals surface area contributed by atoms with Crippen LogP contribution in [0.15, 0.2) is 11.1 Å². The lowest BCUT2D eigenvalue weighted by Crippen LogP contribution is -2.17. The molecule has 0 aliphatic carbocycles. The van der Waals surface area contributed by atoms with Crippen molar-refractivity contribution >= 4 is 43.9 Å². The van der Waals surface area contributed by atoms with Gasteiger partial charge in [-0.15, -0.1) is 21.5 Å². The summed E-state index contributed by atoms with van der Waals surface area (Å²) in [6.07, 6.45) is 3.45. The Bertz CT molecular complexity index is 984. The van der Waals surface area contributed by atoms with E-state index in [1.807, 2.05) is 0 Å². The number of aryl methyl sites for hydroxylation is 2. The van der Waals surface area contributed by atoms with Crippen LogP contribution in [-0.2, 0) is 7.05 Å². The SMILES string of the molecule is CCC(CC)c1nnc(NC(=O)c2sc3ncn(C)c(=O)c3c2C)s1. The third-order valence-electron chi connectivity index (χ3n) is 4.21. The molecule has 1 amide bonds. The first kappa shape index (κ1) is 17.7. The van der Waals surface area contributed by atoms with E-state index in [0.29, 0.717) is 31.7 Å². The number of carbonyl (C=O) groups excluding carboxylic acids is 1. The molecule has 3 aromatic heterocycles. The molecule has 3 heterocycles. The molecule has 132 valence electrons. The summed E-state index contributed by atoms with van der Waals surface area (Å²) in [5.74, 6) is 0.0798. The van der Waals surface area contributed by atoms with E-state index in [0.717, 1.165) is 17.8 Å². The van der Waals surface area contributed by atoms with Gasteiger partial charge < -0.3 is 4.57 Å². The summed E-state index contributed by atoms with van der Waals surface area (Å²) in [7, 11) is 1.65. The molecule has 7 nitrogen and oxygen atoms in total. The normalized spacial score (nSPS) is 11.4. The standard InChI is InChI=1S/C16H19N5O2S2/c1-5-9(6-2)13-19-20-16(25-13)18-12(22)11-8(3)10-14(24-11)17-7-21(4)15(10)23/h7,9H,5-6H2,1-4H3,(H,18,20,22). The fourth-order valence-corrected chi connectivity index (χ4v) is 4.71. The number of rotatable bonds is 5. The third kappa shape index (κ3) is 3.21. The van der Waals surface area contributed by atoms with Crippen LogP contribution >= 0.6 is 22.7 Å². The van der Waals surface area contributed by atoms with Crippen LogP contribution in [0.3, 0.4) is 0 Å². The Morgan fingerprint density at radius 2 is 2.00 bits per heavy atom. The van der Waals surface area contributed by atoms with Crippen LogP contribution in [0.1, 0.15) is 52.8 Å². The molecule has 0 aliphatic rings. The van der Waals surface area contributed by atoms with Crippen molar-refractivity contribution in [2.24, 2.45) is 7.05 Å². The zero-order chi connectivity index (χ0) is 18.1. The van der Waals surface area contributed by atoms with Gasteiger partial charge in [-0.1, -0.05) is 25.2 Å². The topological polar surface area (TPSA) is 89.8 Å². The minimum absolute atomic E-state index is 0.148. The molecule has 0 atom stereocenters. The highest BCUT2D eigenvalue weighted by Gasteiger charge is 2.21. The van der Waals surface area contributed by atoms with Gasteiger partial charge in [0.15, 0.2) is 0 Å². The Kier molecular flexibility index (Phi) is 4.96. The molecule has 0 aliphatic heterocycles. The monoisotopic (exact) mass is 377 g/mol. The molecular weight excluding hydrogens is 358 g/mol. The van der Waals surface area contributed by atoms with Gasteiger partial charge in [0.1, 0.15) is 9.84 Å². The van der Waals surface area contributed by atoms with Gasteiger partial charge in [0, 0.05) is 13.0 Å². The number of nitrogens with one attached hydrogen (secondary N) is 1. The largest absolute Gasteiger partial charge is 0.302 e. The summed E-state index contributed by atoms with van der Waals surface area (Å²) >= 11 is 2.62. The molecule has 0 unspecified atom stereocenters. The van der Waals surface area contributed by atoms with Crippen molar-refractivity contribution in [1.29, 1.82) is 0 Å². The molecule has 9 heteroatoms. The lowest BCUT2D eigenvalue weighted by atomic mass is 10.1. The van der Waals surface area contributed by atoms with E-state index in [4.69, 9.17) is 0 Å². The van der Waals surface area contributed by atoms with Gasteiger partial charge in [0.05, 0.1) is 16.6 Å². The number of nitrogens with zero attached hydrogens (tertiary/aromatic N) is 4. The highest BCUT2D eigenvalue weighted by atomic mass is 32.1. The highest BCUT2D eigenvalue weighted by Crippen LogP contribution is 2.30. The first-order valence-corrected chi connectivity index (χ1v) is 9.69. The van der Waals surface area contributed by atoms with Gasteiger partial charge in [-0.2, -0.15) is 0 Å². The Morgan fingerprint density at radius 1 is 1.28 bits per heavy atom. The average Bonchev–Trinajstić information content (AvgIpc) is 3.17. The Morgan fingerprint density at radius 3 is 2.68 bits per heavy atom. The van der Waals surface area contributed by atoms with Gasteiger partial charge in [-0.05, 0) is 25.3 Å². The molecule has 25 heavy (non-hydrogen) atoms. The number of anilines is 1. The molecule has 3 rings (SSSR count). The van der Waals surface area contributed by atoms with Crippen LogP contribution in [0.2, 0.25) is 0 Å². The predicted octanol–water partition coefficient (Wildman–Crippen LogP) is 3.31. The van der Waals surface area contributed by atoms with E-state index < -0.39 is 0 Å². The fraction of sp³-hybridized carbons (Fsp3) is 0.438. The fourth-order valence-electron chi connectivity index (χ4n) is 2.67. The summed E-state index contributed by atoms with van der Waals surface area (Å²) in [5.41, 5.74) is 0.501. The second-order valence-corrected chi connectivity index (χ2v) is 7.82. The highest BCUT2D eigenvalue weighted by molar-refractivity contribution is 7.21. The van der Waals surface area contributed by atoms with Crippen molar-refractivity contribution in [3.8, 4) is 0 Å². The van der Waals surface area contributed by atoms with E-state index in [2.05, 4.69) is 34.3 Å². The molecular formula is C16H19N5O2S2. The van der Waals surface area contributed by atoms with Crippen LogP contribution in [0.4, 0.5) is 5.13 Å². The van der Waals surface area contributed by atoms with Crippen LogP contribution in [0.5, 0.6) is 0 Å². The van der Waals surface area contributed by atoms with Crippen molar-refractivity contribution in [1.82, 2.24) is 19.7 Å². The predicted molar refractivity (Wildman–Crippen MR) is 101 cm³/mol. The van der Waals surface area contributed by atoms with Gasteiger partial charge in [-0.25, -0.2) is 4.98 Å². The molecule has 0 saturated carbocycles. The summed E-state index contributed by atoms with van der Waals surface area (Å²) < 4.78 is 1.41. The van der Waals surface area contributed by atoms with Crippen LogP contribution in [0, 0.1) is 6.92 Å². The minimum Gasteiger partial charge on any atom is -0.302 e. The molecule has 0 aromatic carbocycles. The van der Waals surface area contributed by atoms with E-state index >= 15 is 0 Å². The van der Waals surface area contributed by atoms with Crippen molar-refractivity contribution in [3.05, 3.63) is 32.1 Å². The number of aromatic nitrogens is 4. The molecule has 3 aromatic rings. The molecule has 0 bridgehead atoms. The molecule has 0 saturated heterocycles. The Hall–Kier alpha value is -2.13. The Labute approximate surface area is 152 Å². The van der Waals surface area contributed by atoms with Crippen molar-refractivity contribution in [2.75, 3.05) is 5.32 Å². The first-order chi connectivity index (χ1) is 12.0. The summed E-state index contributed by atoms with van der Waals surface area (Å²) in [6, 6.07) is 0. The minimum atomic E-state index is -0.283. The van der Waals surface area contributed by atoms with Gasteiger partial charge in [0.25, 0.3) is 11.5 Å². The summed E-state index contributed by atoms with van der Waals surface area (Å²) in [4.78, 5) is 30.2. The van der Waals surface area contributed by atoms with Gasteiger partial charge >= 0.3 is 0 Å². The quantitative estimate of drug-likeness (QED) is 0.737. The molecule has 0 fully saturated rings. The van der Waals surface area contributed by atoms with E-state index in [1.165, 1.54) is 33.6 Å². The van der Waals surface area contributed by atoms with E-state index in [9.17, 15) is 9.59 Å². The zero-order valence-corrected chi connectivity index (χ0v) is 16.1. The number of hydrogen-bond donors (Lipinski definition) is 1. The summed E-state index contributed by atoms with van der Waals surface area (Å²) in [5, 5.41) is 13.0. The summed E-state index contributed by atoms with van der Waals surface area (Å²) in [6.45, 7) is 6.00. The maximum Gasteiger partial charge on any atom is 0.267 e. The maximum atomic E-state index is 12.6. The van der Waals surface area contributed by atoms with Crippen LogP contribution in [0.25, 0.3) is 10.2 Å². The second kappa shape index (κ2) is 7.01. The number of thiophene rings is 1. The van der Waals surface area contributed by atoms with E-state index in [-0.39, 0.29) is 11.5 Å². The van der Waals surface area contributed by atoms with Crippen molar-refractivity contribution in [2.45, 2.75) is 39.5 Å². The van der Waals surface area contributed by atoms with E-state index in [1.54, 1.807) is 14.0 Å². The smallest absolute Gasteiger partial charge is 0.267 e. The second-order valence-electron chi connectivity index (χ2n) is 5.81. The Balaban J connectivity index is 1.89. The molecule has 1 N–H and O–H groups in total. The maximum absolute atomic E-state index is 12.6. The molecule has 0 spiro atoms. The van der Waals surface area contributed by atoms with Crippen LogP contribution in [-0.4, -0.2) is 25.7 Å². The number of fused-ring (bicyclic) bond motifs is 1. The number of hydrogen-bond acceptors (Lipinski definition) is 7. The van der Waals surface area contributed by atoms with Crippen molar-refractivity contribution in [3.63, 3.8) is 0 Å². The van der Waals surface area contributed by atoms with Gasteiger partial charge in [-0.3, -0.25) is 14.9 Å². The van der Waals surface area contributed by atoms with Crippen LogP contribution < -0.4 is 10.9 Å². The molecule has 0 radical (unpaired) electrons. The zero-order valence-electron chi connectivity index (χ0n) is 14.5. The van der Waals surface area contributed by atoms with Crippen molar-refractivity contribution < 1.29 is 4.79 Å². The average molecular weight is 377 g/mol. The lowest BCUT2D eigenvalue weighted by molar-refractivity contribution is 0.103. The third-order valence-corrected chi connectivity index (χ3v) is 6.41. The lowest BCUT2D eigenvalue weighted by Gasteiger charge is -2.05.